The first kappa shape index (κ1) is 9.64. The Bertz CT molecular complexity index is 488. The molecule has 0 saturated heterocycles. The van der Waals surface area contributed by atoms with Crippen LogP contribution in [0.5, 0.6) is 0 Å². The molecule has 1 aromatic heterocycles. The van der Waals surface area contributed by atoms with E-state index in [1.807, 2.05) is 18.2 Å². The fourth-order valence-corrected chi connectivity index (χ4v) is 1.72. The Morgan fingerprint density at radius 3 is 2.86 bits per heavy atom. The van der Waals surface area contributed by atoms with Gasteiger partial charge in [-0.25, -0.2) is 10.8 Å². The van der Waals surface area contributed by atoms with Crippen molar-refractivity contribution in [3.05, 3.63) is 28.0 Å². The third-order valence-electron chi connectivity index (χ3n) is 1.77. The lowest BCUT2D eigenvalue weighted by Crippen LogP contribution is -2.09. The molecule has 2 aromatic rings. The van der Waals surface area contributed by atoms with Gasteiger partial charge in [-0.15, -0.1) is 0 Å². The molecule has 4 nitrogen and oxygen atoms in total. The molecular weight excluding hydrogens is 267 g/mol. The molecule has 0 aliphatic carbocycles. The minimum absolute atomic E-state index is 0.174. The summed E-state index contributed by atoms with van der Waals surface area (Å²) in [7, 11) is 0. The van der Waals surface area contributed by atoms with E-state index in [1.165, 1.54) is 0 Å². The van der Waals surface area contributed by atoms with Gasteiger partial charge in [0, 0.05) is 9.86 Å². The number of benzene rings is 1. The molecule has 0 atom stereocenters. The Morgan fingerprint density at radius 1 is 1.36 bits per heavy atom. The van der Waals surface area contributed by atoms with Crippen LogP contribution in [-0.4, -0.2) is 9.97 Å². The molecule has 3 N–H and O–H groups in total. The van der Waals surface area contributed by atoms with Crippen molar-refractivity contribution in [1.29, 1.82) is 0 Å². The highest BCUT2D eigenvalue weighted by Crippen LogP contribution is 2.24. The van der Waals surface area contributed by atoms with Crippen LogP contribution in [0.25, 0.3) is 10.9 Å². The molecule has 0 bridgehead atoms. The lowest BCUT2D eigenvalue weighted by molar-refractivity contribution is 1.18. The van der Waals surface area contributed by atoms with Gasteiger partial charge in [-0.1, -0.05) is 15.9 Å². The van der Waals surface area contributed by atoms with Gasteiger partial charge in [0.05, 0.1) is 5.52 Å². The van der Waals surface area contributed by atoms with Crippen molar-refractivity contribution < 1.29 is 0 Å². The topological polar surface area (TPSA) is 63.8 Å². The zero-order valence-corrected chi connectivity index (χ0v) is 9.30. The van der Waals surface area contributed by atoms with Gasteiger partial charge in [-0.3, -0.25) is 0 Å². The van der Waals surface area contributed by atoms with Crippen molar-refractivity contribution in [2.75, 3.05) is 5.43 Å². The van der Waals surface area contributed by atoms with Gasteiger partial charge < -0.3 is 5.43 Å². The summed E-state index contributed by atoms with van der Waals surface area (Å²) >= 11 is 9.07. The summed E-state index contributed by atoms with van der Waals surface area (Å²) in [5, 5.41) is 0.999. The largest absolute Gasteiger partial charge is 0.308 e. The first-order chi connectivity index (χ1) is 6.70. The Kier molecular flexibility index (Phi) is 2.54. The van der Waals surface area contributed by atoms with Crippen molar-refractivity contribution in [2.45, 2.75) is 0 Å². The molecule has 0 spiro atoms. The van der Waals surface area contributed by atoms with E-state index in [0.29, 0.717) is 5.82 Å². The molecular formula is C8H6BrClN4. The molecule has 0 saturated carbocycles. The average Bonchev–Trinajstić information content (AvgIpc) is 2.17. The summed E-state index contributed by atoms with van der Waals surface area (Å²) in [4.78, 5) is 8.02. The van der Waals surface area contributed by atoms with Gasteiger partial charge in [-0.2, -0.15) is 4.98 Å². The number of nitrogens with zero attached hydrogens (tertiary/aromatic N) is 2. The smallest absolute Gasteiger partial charge is 0.224 e. The molecule has 0 amide bonds. The quantitative estimate of drug-likeness (QED) is 0.475. The Hall–Kier alpha value is -0.910. The molecule has 1 heterocycles. The van der Waals surface area contributed by atoms with Gasteiger partial charge in [0.15, 0.2) is 5.82 Å². The van der Waals surface area contributed by atoms with Crippen molar-refractivity contribution in [2.24, 2.45) is 5.84 Å². The number of aromatic nitrogens is 2. The predicted octanol–water partition coefficient (Wildman–Crippen LogP) is 2.33. The van der Waals surface area contributed by atoms with Crippen LogP contribution in [-0.2, 0) is 0 Å². The number of nitrogens with one attached hydrogen (secondary N) is 1. The van der Waals surface area contributed by atoms with Crippen LogP contribution in [0.15, 0.2) is 22.7 Å². The minimum Gasteiger partial charge on any atom is -0.308 e. The van der Waals surface area contributed by atoms with Crippen LogP contribution in [0.3, 0.4) is 0 Å². The van der Waals surface area contributed by atoms with Crippen molar-refractivity contribution >= 4 is 44.3 Å². The zero-order chi connectivity index (χ0) is 10.1. The molecule has 0 radical (unpaired) electrons. The van der Waals surface area contributed by atoms with Crippen molar-refractivity contribution in [3.63, 3.8) is 0 Å². The lowest BCUT2D eigenvalue weighted by atomic mass is 10.2. The molecule has 0 aliphatic rings. The van der Waals surface area contributed by atoms with Crippen molar-refractivity contribution in [3.8, 4) is 0 Å². The second-order valence-corrected chi connectivity index (χ2v) is 3.90. The number of halogens is 2. The van der Waals surface area contributed by atoms with Crippen LogP contribution in [0.4, 0.5) is 5.82 Å². The van der Waals surface area contributed by atoms with E-state index in [0.717, 1.165) is 15.4 Å². The number of anilines is 1. The van der Waals surface area contributed by atoms with E-state index in [9.17, 15) is 0 Å². The molecule has 72 valence electrons. The number of hydrogen-bond donors (Lipinski definition) is 2. The van der Waals surface area contributed by atoms with E-state index in [1.54, 1.807) is 0 Å². The van der Waals surface area contributed by atoms with E-state index in [-0.39, 0.29) is 5.28 Å². The summed E-state index contributed by atoms with van der Waals surface area (Å²) in [5.74, 6) is 5.84. The van der Waals surface area contributed by atoms with Gasteiger partial charge in [0.2, 0.25) is 5.28 Å². The fourth-order valence-electron chi connectivity index (χ4n) is 1.18. The Balaban J connectivity index is 2.81. The summed E-state index contributed by atoms with van der Waals surface area (Å²) in [5.41, 5.74) is 3.23. The maximum Gasteiger partial charge on any atom is 0.224 e. The monoisotopic (exact) mass is 272 g/mol. The van der Waals surface area contributed by atoms with Crippen LogP contribution in [0.2, 0.25) is 5.28 Å². The summed E-state index contributed by atoms with van der Waals surface area (Å²) in [6.07, 6.45) is 0. The number of nitrogens with two attached hydrogens (primary N) is 1. The molecule has 1 aromatic carbocycles. The van der Waals surface area contributed by atoms with Crippen LogP contribution in [0.1, 0.15) is 0 Å². The molecule has 14 heavy (non-hydrogen) atoms. The third-order valence-corrected chi connectivity index (χ3v) is 2.43. The number of hydrogen-bond acceptors (Lipinski definition) is 4. The highest BCUT2D eigenvalue weighted by atomic mass is 79.9. The van der Waals surface area contributed by atoms with E-state index >= 15 is 0 Å². The SMILES string of the molecule is NNc1nc(Cl)nc2ccc(Br)cc12. The predicted molar refractivity (Wildman–Crippen MR) is 60.1 cm³/mol. The van der Waals surface area contributed by atoms with Crippen LogP contribution >= 0.6 is 27.5 Å². The fraction of sp³-hybridized carbons (Fsp3) is 0. The van der Waals surface area contributed by atoms with Crippen LogP contribution in [0, 0.1) is 0 Å². The third kappa shape index (κ3) is 1.66. The van der Waals surface area contributed by atoms with Gasteiger partial charge >= 0.3 is 0 Å². The van der Waals surface area contributed by atoms with Crippen LogP contribution < -0.4 is 11.3 Å². The number of hydrazine groups is 1. The summed E-state index contributed by atoms with van der Waals surface area (Å²) in [6.45, 7) is 0. The molecule has 2 rings (SSSR count). The van der Waals surface area contributed by atoms with Crippen molar-refractivity contribution in [1.82, 2.24) is 9.97 Å². The molecule has 0 fully saturated rings. The second-order valence-electron chi connectivity index (χ2n) is 2.65. The Labute approximate surface area is 93.6 Å². The maximum atomic E-state index is 5.71. The normalized spacial score (nSPS) is 10.5. The van der Waals surface area contributed by atoms with Gasteiger partial charge in [0.1, 0.15) is 0 Å². The standard InChI is InChI=1S/C8H6BrClN4/c9-4-1-2-6-5(3-4)7(14-11)13-8(10)12-6/h1-3H,11H2,(H,12,13,14). The Morgan fingerprint density at radius 2 is 2.14 bits per heavy atom. The number of rotatable bonds is 1. The zero-order valence-electron chi connectivity index (χ0n) is 6.96. The highest BCUT2D eigenvalue weighted by molar-refractivity contribution is 9.10. The molecule has 6 heteroatoms. The van der Waals surface area contributed by atoms with E-state index in [2.05, 4.69) is 31.3 Å². The summed E-state index contributed by atoms with van der Waals surface area (Å²) < 4.78 is 0.937. The average molecular weight is 274 g/mol. The lowest BCUT2D eigenvalue weighted by Gasteiger charge is -2.04. The second kappa shape index (κ2) is 3.68. The number of nitrogen functional groups attached to an aromatic ring is 1. The molecule has 0 aliphatic heterocycles. The van der Waals surface area contributed by atoms with E-state index in [4.69, 9.17) is 17.4 Å². The number of fused-ring (bicyclic) bond motifs is 1. The maximum absolute atomic E-state index is 5.71. The van der Waals surface area contributed by atoms with Gasteiger partial charge in [0.25, 0.3) is 0 Å². The summed E-state index contributed by atoms with van der Waals surface area (Å²) in [6, 6.07) is 5.60. The first-order valence-corrected chi connectivity index (χ1v) is 4.97. The molecule has 0 unspecified atom stereocenters. The van der Waals surface area contributed by atoms with E-state index < -0.39 is 0 Å². The highest BCUT2D eigenvalue weighted by Gasteiger charge is 2.05. The van der Waals surface area contributed by atoms with Gasteiger partial charge in [-0.05, 0) is 29.8 Å². The first-order valence-electron chi connectivity index (χ1n) is 3.80. The minimum atomic E-state index is 0.174.